The number of halogens is 1. The van der Waals surface area contributed by atoms with Gasteiger partial charge in [0.05, 0.1) is 6.61 Å². The second-order valence-corrected chi connectivity index (χ2v) is 5.16. The number of rotatable bonds is 4. The van der Waals surface area contributed by atoms with Crippen molar-refractivity contribution in [1.29, 1.82) is 0 Å². The van der Waals surface area contributed by atoms with Crippen molar-refractivity contribution in [2.45, 2.75) is 6.42 Å². The summed E-state index contributed by atoms with van der Waals surface area (Å²) >= 11 is 6.03. The monoisotopic (exact) mass is 282 g/mol. The highest BCUT2D eigenvalue weighted by atomic mass is 35.5. The molecule has 0 aromatic heterocycles. The van der Waals surface area contributed by atoms with Crippen molar-refractivity contribution in [3.8, 4) is 0 Å². The molecule has 1 aliphatic heterocycles. The smallest absolute Gasteiger partial charge is 0.152 e. The summed E-state index contributed by atoms with van der Waals surface area (Å²) in [5, 5.41) is 9.64. The zero-order chi connectivity index (χ0) is 13.7. The standard InChI is InChI=1S/C14H19ClN2O2/c15-13-3-2-12(11-19)14(10-13)17-5-1-4-16(6-7-17)8-9-18/h2-3,10-11,18H,1,4-9H2. The fourth-order valence-corrected chi connectivity index (χ4v) is 2.63. The summed E-state index contributed by atoms with van der Waals surface area (Å²) in [6.45, 7) is 4.53. The maximum Gasteiger partial charge on any atom is 0.152 e. The number of nitrogens with zero attached hydrogens (tertiary/aromatic N) is 2. The van der Waals surface area contributed by atoms with Gasteiger partial charge in [0.2, 0.25) is 0 Å². The van der Waals surface area contributed by atoms with Crippen molar-refractivity contribution >= 4 is 23.6 Å². The Morgan fingerprint density at radius 3 is 2.84 bits per heavy atom. The highest BCUT2D eigenvalue weighted by Crippen LogP contribution is 2.24. The first kappa shape index (κ1) is 14.3. The number of aliphatic hydroxyl groups is 1. The fourth-order valence-electron chi connectivity index (χ4n) is 2.47. The number of carbonyl (C=O) groups is 1. The third-order valence-electron chi connectivity index (χ3n) is 3.46. The van der Waals surface area contributed by atoms with E-state index in [1.807, 2.05) is 6.07 Å². The van der Waals surface area contributed by atoms with Crippen LogP contribution in [0.3, 0.4) is 0 Å². The van der Waals surface area contributed by atoms with Crippen LogP contribution in [0.5, 0.6) is 0 Å². The second kappa shape index (κ2) is 6.89. The van der Waals surface area contributed by atoms with Gasteiger partial charge >= 0.3 is 0 Å². The number of hydrogen-bond donors (Lipinski definition) is 1. The normalized spacial score (nSPS) is 17.3. The summed E-state index contributed by atoms with van der Waals surface area (Å²) in [7, 11) is 0. The van der Waals surface area contributed by atoms with Crippen LogP contribution >= 0.6 is 11.6 Å². The predicted molar refractivity (Wildman–Crippen MR) is 77.2 cm³/mol. The SMILES string of the molecule is O=Cc1ccc(Cl)cc1N1CCCN(CCO)CC1. The average molecular weight is 283 g/mol. The van der Waals surface area contributed by atoms with Gasteiger partial charge in [-0.15, -0.1) is 0 Å². The second-order valence-electron chi connectivity index (χ2n) is 4.73. The van der Waals surface area contributed by atoms with Crippen molar-refractivity contribution in [2.75, 3.05) is 44.2 Å². The minimum absolute atomic E-state index is 0.191. The lowest BCUT2D eigenvalue weighted by Crippen LogP contribution is -2.32. The summed E-state index contributed by atoms with van der Waals surface area (Å²) in [6.07, 6.45) is 1.90. The zero-order valence-corrected chi connectivity index (χ0v) is 11.6. The van der Waals surface area contributed by atoms with Crippen LogP contribution in [0.2, 0.25) is 5.02 Å². The van der Waals surface area contributed by atoms with Gasteiger partial charge in [-0.25, -0.2) is 0 Å². The lowest BCUT2D eigenvalue weighted by molar-refractivity contribution is 0.112. The summed E-state index contributed by atoms with van der Waals surface area (Å²) in [4.78, 5) is 15.6. The Morgan fingerprint density at radius 2 is 2.11 bits per heavy atom. The molecule has 2 rings (SSSR count). The molecule has 0 unspecified atom stereocenters. The quantitative estimate of drug-likeness (QED) is 0.853. The number of benzene rings is 1. The predicted octanol–water partition coefficient (Wildman–Crippen LogP) is 1.66. The molecule has 4 nitrogen and oxygen atoms in total. The van der Waals surface area contributed by atoms with Crippen LogP contribution in [0.4, 0.5) is 5.69 Å². The molecule has 1 saturated heterocycles. The summed E-state index contributed by atoms with van der Waals surface area (Å²) in [5.41, 5.74) is 1.59. The number of carbonyl (C=O) groups excluding carboxylic acids is 1. The van der Waals surface area contributed by atoms with Crippen LogP contribution in [0.15, 0.2) is 18.2 Å². The van der Waals surface area contributed by atoms with E-state index in [4.69, 9.17) is 16.7 Å². The van der Waals surface area contributed by atoms with E-state index in [1.165, 1.54) is 0 Å². The lowest BCUT2D eigenvalue weighted by Gasteiger charge is -2.24. The van der Waals surface area contributed by atoms with Gasteiger partial charge in [-0.1, -0.05) is 11.6 Å². The van der Waals surface area contributed by atoms with Crippen molar-refractivity contribution in [3.63, 3.8) is 0 Å². The maximum atomic E-state index is 11.1. The van der Waals surface area contributed by atoms with E-state index in [2.05, 4.69) is 9.80 Å². The van der Waals surface area contributed by atoms with E-state index in [0.29, 0.717) is 17.1 Å². The summed E-state index contributed by atoms with van der Waals surface area (Å²) in [5.74, 6) is 0. The molecule has 1 fully saturated rings. The van der Waals surface area contributed by atoms with Crippen LogP contribution < -0.4 is 4.90 Å². The maximum absolute atomic E-state index is 11.1. The molecule has 104 valence electrons. The Labute approximate surface area is 118 Å². The minimum atomic E-state index is 0.191. The highest BCUT2D eigenvalue weighted by Gasteiger charge is 2.17. The molecule has 0 aliphatic carbocycles. The van der Waals surface area contributed by atoms with E-state index in [-0.39, 0.29) is 6.61 Å². The largest absolute Gasteiger partial charge is 0.395 e. The minimum Gasteiger partial charge on any atom is -0.395 e. The third kappa shape index (κ3) is 3.69. The molecule has 1 aromatic carbocycles. The highest BCUT2D eigenvalue weighted by molar-refractivity contribution is 6.31. The van der Waals surface area contributed by atoms with Crippen molar-refractivity contribution in [3.05, 3.63) is 28.8 Å². The molecular weight excluding hydrogens is 264 g/mol. The van der Waals surface area contributed by atoms with Crippen molar-refractivity contribution in [1.82, 2.24) is 4.90 Å². The zero-order valence-electron chi connectivity index (χ0n) is 10.9. The van der Waals surface area contributed by atoms with Gasteiger partial charge in [0.25, 0.3) is 0 Å². The summed E-state index contributed by atoms with van der Waals surface area (Å²) in [6, 6.07) is 5.36. The molecule has 1 aliphatic rings. The average Bonchev–Trinajstić information content (AvgIpc) is 2.65. The van der Waals surface area contributed by atoms with E-state index in [0.717, 1.165) is 44.6 Å². The number of β-amino-alcohol motifs (C(OH)–C–C–N with tert-alkyl or cyclic N) is 1. The van der Waals surface area contributed by atoms with E-state index >= 15 is 0 Å². The molecule has 5 heteroatoms. The lowest BCUT2D eigenvalue weighted by atomic mass is 10.1. The third-order valence-corrected chi connectivity index (χ3v) is 3.70. The molecule has 19 heavy (non-hydrogen) atoms. The van der Waals surface area contributed by atoms with Gasteiger partial charge in [0, 0.05) is 42.5 Å². The first-order valence-electron chi connectivity index (χ1n) is 6.57. The van der Waals surface area contributed by atoms with Crippen molar-refractivity contribution < 1.29 is 9.90 Å². The molecule has 1 aromatic rings. The van der Waals surface area contributed by atoms with Crippen LogP contribution in [0, 0.1) is 0 Å². The van der Waals surface area contributed by atoms with Crippen LogP contribution in [-0.4, -0.2) is 55.6 Å². The first-order valence-corrected chi connectivity index (χ1v) is 6.95. The number of hydrogen-bond acceptors (Lipinski definition) is 4. The Kier molecular flexibility index (Phi) is 5.19. The first-order chi connectivity index (χ1) is 9.24. The molecule has 0 saturated carbocycles. The molecular formula is C14H19ClN2O2. The summed E-state index contributed by atoms with van der Waals surface area (Å²) < 4.78 is 0. The fraction of sp³-hybridized carbons (Fsp3) is 0.500. The van der Waals surface area contributed by atoms with E-state index in [9.17, 15) is 4.79 Å². The van der Waals surface area contributed by atoms with Gasteiger partial charge in [0.1, 0.15) is 0 Å². The number of aliphatic hydroxyl groups excluding tert-OH is 1. The Bertz CT molecular complexity index is 439. The molecule has 0 bridgehead atoms. The molecule has 0 atom stereocenters. The van der Waals surface area contributed by atoms with Gasteiger partial charge < -0.3 is 10.0 Å². The Balaban J connectivity index is 2.13. The van der Waals surface area contributed by atoms with Gasteiger partial charge in [-0.3, -0.25) is 9.69 Å². The molecule has 0 spiro atoms. The van der Waals surface area contributed by atoms with Crippen molar-refractivity contribution in [2.24, 2.45) is 0 Å². The van der Waals surface area contributed by atoms with Crippen LogP contribution in [0.1, 0.15) is 16.8 Å². The number of anilines is 1. The molecule has 0 amide bonds. The van der Waals surface area contributed by atoms with E-state index < -0.39 is 0 Å². The Morgan fingerprint density at radius 1 is 1.26 bits per heavy atom. The number of aldehydes is 1. The topological polar surface area (TPSA) is 43.8 Å². The van der Waals surface area contributed by atoms with Crippen LogP contribution in [0.25, 0.3) is 0 Å². The van der Waals surface area contributed by atoms with Gasteiger partial charge in [-0.2, -0.15) is 0 Å². The van der Waals surface area contributed by atoms with Crippen LogP contribution in [-0.2, 0) is 0 Å². The van der Waals surface area contributed by atoms with Gasteiger partial charge in [-0.05, 0) is 31.2 Å². The van der Waals surface area contributed by atoms with E-state index in [1.54, 1.807) is 12.1 Å². The van der Waals surface area contributed by atoms with Gasteiger partial charge in [0.15, 0.2) is 6.29 Å². The Hall–Kier alpha value is -1.10. The molecule has 1 N–H and O–H groups in total. The molecule has 1 heterocycles. The molecule has 0 radical (unpaired) electrons.